The van der Waals surface area contributed by atoms with Crippen LogP contribution in [0, 0.1) is 0 Å². The molecule has 2 aromatic rings. The van der Waals surface area contributed by atoms with Crippen molar-refractivity contribution in [2.24, 2.45) is 0 Å². The van der Waals surface area contributed by atoms with Crippen LogP contribution in [0.3, 0.4) is 0 Å². The van der Waals surface area contributed by atoms with Crippen LogP contribution in [0.4, 0.5) is 11.4 Å². The molecule has 0 unspecified atom stereocenters. The van der Waals surface area contributed by atoms with Crippen LogP contribution in [-0.2, 0) is 9.59 Å². The number of nitrogens with zero attached hydrogens (tertiary/aromatic N) is 1. The molecular formula is C23H22ClN3O4. The highest BCUT2D eigenvalue weighted by molar-refractivity contribution is 6.53. The molecule has 1 aliphatic heterocycles. The minimum Gasteiger partial charge on any atom is -0.497 e. The van der Waals surface area contributed by atoms with Gasteiger partial charge < -0.3 is 15.4 Å². The molecule has 2 aromatic carbocycles. The van der Waals surface area contributed by atoms with E-state index in [0.29, 0.717) is 22.7 Å². The molecule has 0 aromatic heterocycles. The Morgan fingerprint density at radius 3 is 2.45 bits per heavy atom. The quantitative estimate of drug-likeness (QED) is 0.668. The summed E-state index contributed by atoms with van der Waals surface area (Å²) in [7, 11) is 1.53. The topological polar surface area (TPSA) is 87.7 Å². The molecule has 7 nitrogen and oxygen atoms in total. The number of hydrogen-bond donors (Lipinski definition) is 2. The number of rotatable bonds is 6. The standard InChI is InChI=1S/C23H22ClN3O4/c1-31-18-11-9-17(10-12-18)27-22(29)19(24)20(23(27)30)25-16-8-4-5-14(13-16)21(28)26-15-6-2-3-7-15/h4-5,8-13,15,25H,2-3,6-7H2,1H3,(H,26,28). The van der Waals surface area contributed by atoms with E-state index in [2.05, 4.69) is 10.6 Å². The number of benzene rings is 2. The van der Waals surface area contributed by atoms with Gasteiger partial charge in [0.05, 0.1) is 12.8 Å². The van der Waals surface area contributed by atoms with Crippen molar-refractivity contribution in [3.63, 3.8) is 0 Å². The first-order chi connectivity index (χ1) is 15.0. The summed E-state index contributed by atoms with van der Waals surface area (Å²) >= 11 is 6.19. The lowest BCUT2D eigenvalue weighted by Crippen LogP contribution is -2.32. The van der Waals surface area contributed by atoms with Crippen LogP contribution in [0.15, 0.2) is 59.3 Å². The number of methoxy groups -OCH3 is 1. The van der Waals surface area contributed by atoms with Crippen LogP contribution in [0.1, 0.15) is 36.0 Å². The second-order valence-electron chi connectivity index (χ2n) is 7.49. The zero-order valence-electron chi connectivity index (χ0n) is 17.0. The molecule has 1 aliphatic carbocycles. The summed E-state index contributed by atoms with van der Waals surface area (Å²) in [6, 6.07) is 13.5. The van der Waals surface area contributed by atoms with Gasteiger partial charge in [0.2, 0.25) is 0 Å². The van der Waals surface area contributed by atoms with E-state index in [0.717, 1.165) is 30.6 Å². The number of imide groups is 1. The van der Waals surface area contributed by atoms with Crippen molar-refractivity contribution >= 4 is 40.7 Å². The normalized spacial score (nSPS) is 16.8. The van der Waals surface area contributed by atoms with E-state index in [1.807, 2.05) is 0 Å². The van der Waals surface area contributed by atoms with Crippen molar-refractivity contribution in [3.8, 4) is 5.75 Å². The molecule has 2 N–H and O–H groups in total. The van der Waals surface area contributed by atoms with Crippen LogP contribution in [0.25, 0.3) is 0 Å². The molecule has 31 heavy (non-hydrogen) atoms. The van der Waals surface area contributed by atoms with Crippen LogP contribution in [0.2, 0.25) is 0 Å². The maximum Gasteiger partial charge on any atom is 0.283 e. The predicted octanol–water partition coefficient (Wildman–Crippen LogP) is 3.80. The maximum absolute atomic E-state index is 12.9. The second kappa shape index (κ2) is 8.81. The van der Waals surface area contributed by atoms with Crippen molar-refractivity contribution in [2.45, 2.75) is 31.7 Å². The summed E-state index contributed by atoms with van der Waals surface area (Å²) in [5.41, 5.74) is 1.31. The van der Waals surface area contributed by atoms with Gasteiger partial charge in [0.15, 0.2) is 0 Å². The van der Waals surface area contributed by atoms with Gasteiger partial charge in [-0.1, -0.05) is 30.5 Å². The third-order valence-corrected chi connectivity index (χ3v) is 5.79. The van der Waals surface area contributed by atoms with Gasteiger partial charge in [0.1, 0.15) is 16.5 Å². The number of anilines is 2. The fourth-order valence-electron chi connectivity index (χ4n) is 3.80. The molecule has 3 amide bonds. The van der Waals surface area contributed by atoms with Crippen molar-refractivity contribution in [2.75, 3.05) is 17.3 Å². The molecule has 160 valence electrons. The summed E-state index contributed by atoms with van der Waals surface area (Å²) in [6.45, 7) is 0. The van der Waals surface area contributed by atoms with Gasteiger partial charge in [0.25, 0.3) is 17.7 Å². The summed E-state index contributed by atoms with van der Waals surface area (Å²) < 4.78 is 5.11. The van der Waals surface area contributed by atoms with Crippen LogP contribution in [0.5, 0.6) is 5.75 Å². The highest BCUT2D eigenvalue weighted by Crippen LogP contribution is 2.31. The molecule has 0 atom stereocenters. The minimum absolute atomic E-state index is 0.0316. The van der Waals surface area contributed by atoms with Gasteiger partial charge >= 0.3 is 0 Å². The number of halogens is 1. The Balaban J connectivity index is 1.51. The fourth-order valence-corrected chi connectivity index (χ4v) is 4.01. The maximum atomic E-state index is 12.9. The molecule has 1 heterocycles. The van der Waals surface area contributed by atoms with Crippen molar-refractivity contribution in [1.82, 2.24) is 5.32 Å². The number of carbonyl (C=O) groups excluding carboxylic acids is 3. The van der Waals surface area contributed by atoms with Gasteiger partial charge in [-0.25, -0.2) is 4.90 Å². The van der Waals surface area contributed by atoms with Crippen LogP contribution < -0.4 is 20.3 Å². The summed E-state index contributed by atoms with van der Waals surface area (Å²) in [5.74, 6) is -0.743. The number of amides is 3. The first-order valence-electron chi connectivity index (χ1n) is 10.1. The molecule has 0 spiro atoms. The molecule has 0 radical (unpaired) electrons. The molecule has 0 bridgehead atoms. The Labute approximate surface area is 185 Å². The van der Waals surface area contributed by atoms with Gasteiger partial charge in [-0.3, -0.25) is 14.4 Å². The zero-order valence-corrected chi connectivity index (χ0v) is 17.7. The highest BCUT2D eigenvalue weighted by atomic mass is 35.5. The first kappa shape index (κ1) is 20.9. The predicted molar refractivity (Wildman–Crippen MR) is 118 cm³/mol. The lowest BCUT2D eigenvalue weighted by Gasteiger charge is -2.16. The molecule has 1 saturated carbocycles. The fraction of sp³-hybridized carbons (Fsp3) is 0.261. The van der Waals surface area contributed by atoms with E-state index in [-0.39, 0.29) is 22.7 Å². The Morgan fingerprint density at radius 1 is 1.06 bits per heavy atom. The third-order valence-electron chi connectivity index (χ3n) is 5.44. The zero-order chi connectivity index (χ0) is 22.0. The summed E-state index contributed by atoms with van der Waals surface area (Å²) in [6.07, 6.45) is 4.23. The average Bonchev–Trinajstić information content (AvgIpc) is 3.37. The Morgan fingerprint density at radius 2 is 1.77 bits per heavy atom. The van der Waals surface area contributed by atoms with Crippen molar-refractivity contribution in [3.05, 3.63) is 64.8 Å². The van der Waals surface area contributed by atoms with E-state index in [1.54, 1.807) is 48.5 Å². The number of carbonyl (C=O) groups is 3. The Kier molecular flexibility index (Phi) is 5.95. The van der Waals surface area contributed by atoms with E-state index < -0.39 is 11.8 Å². The van der Waals surface area contributed by atoms with Gasteiger partial charge in [0, 0.05) is 17.3 Å². The van der Waals surface area contributed by atoms with Gasteiger partial charge in [-0.2, -0.15) is 0 Å². The van der Waals surface area contributed by atoms with E-state index in [4.69, 9.17) is 16.3 Å². The SMILES string of the molecule is COc1ccc(N2C(=O)C(Cl)=C(Nc3cccc(C(=O)NC4CCCC4)c3)C2=O)cc1. The van der Waals surface area contributed by atoms with E-state index in [9.17, 15) is 14.4 Å². The summed E-state index contributed by atoms with van der Waals surface area (Å²) in [5, 5.41) is 5.74. The van der Waals surface area contributed by atoms with Crippen molar-refractivity contribution < 1.29 is 19.1 Å². The lowest BCUT2D eigenvalue weighted by atomic mass is 10.1. The summed E-state index contributed by atoms with van der Waals surface area (Å²) in [4.78, 5) is 39.1. The minimum atomic E-state index is -0.616. The Hall–Kier alpha value is -3.32. The van der Waals surface area contributed by atoms with E-state index in [1.165, 1.54) is 7.11 Å². The molecule has 4 rings (SSSR count). The first-order valence-corrected chi connectivity index (χ1v) is 10.5. The number of hydrogen-bond acceptors (Lipinski definition) is 5. The van der Waals surface area contributed by atoms with Crippen LogP contribution >= 0.6 is 11.6 Å². The molecule has 2 aliphatic rings. The lowest BCUT2D eigenvalue weighted by molar-refractivity contribution is -0.120. The molecule has 8 heteroatoms. The third kappa shape index (κ3) is 4.27. The van der Waals surface area contributed by atoms with E-state index >= 15 is 0 Å². The molecule has 0 saturated heterocycles. The molecular weight excluding hydrogens is 418 g/mol. The van der Waals surface area contributed by atoms with Gasteiger partial charge in [-0.15, -0.1) is 0 Å². The van der Waals surface area contributed by atoms with Crippen LogP contribution in [-0.4, -0.2) is 30.9 Å². The molecule has 1 fully saturated rings. The largest absolute Gasteiger partial charge is 0.497 e. The second-order valence-corrected chi connectivity index (χ2v) is 7.87. The smallest absolute Gasteiger partial charge is 0.283 e. The Bertz CT molecular complexity index is 1060. The van der Waals surface area contributed by atoms with Crippen molar-refractivity contribution in [1.29, 1.82) is 0 Å². The average molecular weight is 440 g/mol. The highest BCUT2D eigenvalue weighted by Gasteiger charge is 2.39. The monoisotopic (exact) mass is 439 g/mol. The van der Waals surface area contributed by atoms with Gasteiger partial charge in [-0.05, 0) is 55.3 Å². The number of nitrogens with one attached hydrogen (secondary N) is 2. The number of ether oxygens (including phenoxy) is 1.